The number of halogens is 1. The molecule has 1 saturated heterocycles. The number of nitrogens with zero attached hydrogens (tertiary/aromatic N) is 1. The molecule has 0 aromatic carbocycles. The van der Waals surface area contributed by atoms with Gasteiger partial charge in [-0.1, -0.05) is 29.8 Å². The number of hydrogen-bond donors (Lipinski definition) is 0. The van der Waals surface area contributed by atoms with Gasteiger partial charge in [-0.15, -0.1) is 0 Å². The number of carbonyl (C=O) groups excluding carboxylic acids is 1. The van der Waals surface area contributed by atoms with Crippen molar-refractivity contribution in [3.8, 4) is 0 Å². The van der Waals surface area contributed by atoms with Crippen LogP contribution in [-0.4, -0.2) is 35.3 Å². The lowest BCUT2D eigenvalue weighted by Gasteiger charge is -2.44. The Labute approximate surface area is 106 Å². The molecule has 0 spiro atoms. The van der Waals surface area contributed by atoms with Crippen LogP contribution in [0.15, 0.2) is 0 Å². The maximum absolute atomic E-state index is 11.8. The summed E-state index contributed by atoms with van der Waals surface area (Å²) in [7, 11) is -3.43. The van der Waals surface area contributed by atoms with Crippen molar-refractivity contribution in [2.75, 3.05) is 11.9 Å². The maximum atomic E-state index is 11.8. The van der Waals surface area contributed by atoms with Crippen molar-refractivity contribution in [1.29, 1.82) is 0 Å². The highest BCUT2D eigenvalue weighted by molar-refractivity contribution is 9.09. The molecule has 1 rings (SSSR count). The Balaban J connectivity index is 2.83. The van der Waals surface area contributed by atoms with E-state index in [0.29, 0.717) is 11.2 Å². The third-order valence-electron chi connectivity index (χ3n) is 3.22. The van der Waals surface area contributed by atoms with Gasteiger partial charge in [-0.05, 0) is 25.7 Å². The molecule has 1 aliphatic heterocycles. The van der Waals surface area contributed by atoms with Gasteiger partial charge in [0, 0.05) is 11.9 Å². The van der Waals surface area contributed by atoms with Crippen LogP contribution in [0.2, 0.25) is 0 Å². The van der Waals surface area contributed by atoms with Crippen LogP contribution in [-0.2, 0) is 14.8 Å². The van der Waals surface area contributed by atoms with E-state index in [0.717, 1.165) is 4.31 Å². The molecule has 0 aromatic rings. The van der Waals surface area contributed by atoms with Crippen molar-refractivity contribution < 1.29 is 13.2 Å². The minimum atomic E-state index is -3.43. The summed E-state index contributed by atoms with van der Waals surface area (Å²) < 4.78 is 23.5. The molecule has 6 heteroatoms. The fourth-order valence-electron chi connectivity index (χ4n) is 1.59. The van der Waals surface area contributed by atoms with Gasteiger partial charge in [0.1, 0.15) is 0 Å². The van der Waals surface area contributed by atoms with Crippen LogP contribution < -0.4 is 0 Å². The van der Waals surface area contributed by atoms with Gasteiger partial charge in [-0.2, -0.15) is 0 Å². The monoisotopic (exact) mass is 311 g/mol. The van der Waals surface area contributed by atoms with Gasteiger partial charge in [0.2, 0.25) is 0 Å². The van der Waals surface area contributed by atoms with Gasteiger partial charge < -0.3 is 0 Å². The van der Waals surface area contributed by atoms with E-state index < -0.39 is 14.8 Å². The highest BCUT2D eigenvalue weighted by Gasteiger charge is 2.60. The average Bonchev–Trinajstić information content (AvgIpc) is 2.17. The Morgan fingerprint density at radius 3 is 2.19 bits per heavy atom. The number of amides is 1. The van der Waals surface area contributed by atoms with E-state index in [4.69, 9.17) is 0 Å². The van der Waals surface area contributed by atoms with Crippen LogP contribution in [0.5, 0.6) is 0 Å². The first-order valence-electron chi connectivity index (χ1n) is 5.29. The zero-order valence-electron chi connectivity index (χ0n) is 10.0. The lowest BCUT2D eigenvalue weighted by molar-refractivity contribution is -0.132. The fraction of sp³-hybridized carbons (Fsp3) is 0.900. The summed E-state index contributed by atoms with van der Waals surface area (Å²) in [5.41, 5.74) is 0. The molecule has 1 fully saturated rings. The second-order valence-electron chi connectivity index (χ2n) is 5.01. The Bertz CT molecular complexity index is 389. The van der Waals surface area contributed by atoms with E-state index in [9.17, 15) is 13.2 Å². The fourth-order valence-corrected chi connectivity index (χ4v) is 4.12. The summed E-state index contributed by atoms with van der Waals surface area (Å²) in [6, 6.07) is 0. The first-order chi connectivity index (χ1) is 7.16. The lowest BCUT2D eigenvalue weighted by atomic mass is 9.98. The SMILES string of the molecule is CC(C)C(CBr)CN1C(=O)C(C)(C)S1(=O)=O. The van der Waals surface area contributed by atoms with E-state index in [1.165, 1.54) is 13.8 Å². The summed E-state index contributed by atoms with van der Waals surface area (Å²) in [5.74, 6) is 0.208. The smallest absolute Gasteiger partial charge is 0.258 e. The van der Waals surface area contributed by atoms with E-state index in [1.54, 1.807) is 0 Å². The van der Waals surface area contributed by atoms with E-state index in [1.807, 2.05) is 13.8 Å². The standard InChI is InChI=1S/C10H18BrNO3S/c1-7(2)8(5-11)6-12-9(13)10(3,4)16(12,14)15/h7-8H,5-6H2,1-4H3. The van der Waals surface area contributed by atoms with Crippen LogP contribution in [0.1, 0.15) is 27.7 Å². The van der Waals surface area contributed by atoms with E-state index in [2.05, 4.69) is 15.9 Å². The molecule has 4 nitrogen and oxygen atoms in total. The van der Waals surface area contributed by atoms with Crippen LogP contribution >= 0.6 is 15.9 Å². The molecule has 1 atom stereocenters. The average molecular weight is 312 g/mol. The number of hydrogen-bond acceptors (Lipinski definition) is 3. The lowest BCUT2D eigenvalue weighted by Crippen LogP contribution is -2.68. The predicted octanol–water partition coefficient (Wildman–Crippen LogP) is 1.60. The third-order valence-corrected chi connectivity index (χ3v) is 6.41. The molecule has 1 heterocycles. The molecule has 0 bridgehead atoms. The van der Waals surface area contributed by atoms with Crippen molar-refractivity contribution in [3.05, 3.63) is 0 Å². The third kappa shape index (κ3) is 1.90. The summed E-state index contributed by atoms with van der Waals surface area (Å²) >= 11 is 3.35. The summed E-state index contributed by atoms with van der Waals surface area (Å²) in [4.78, 5) is 11.7. The van der Waals surface area contributed by atoms with Crippen molar-refractivity contribution >= 4 is 31.9 Å². The van der Waals surface area contributed by atoms with Gasteiger partial charge in [-0.3, -0.25) is 4.79 Å². The Kier molecular flexibility index (Phi) is 3.75. The molecule has 0 aromatic heterocycles. The van der Waals surface area contributed by atoms with E-state index in [-0.39, 0.29) is 18.4 Å². The molecular formula is C10H18BrNO3S. The van der Waals surface area contributed by atoms with Gasteiger partial charge in [0.25, 0.3) is 15.9 Å². The zero-order chi connectivity index (χ0) is 12.7. The normalized spacial score (nSPS) is 24.4. The van der Waals surface area contributed by atoms with Gasteiger partial charge >= 0.3 is 0 Å². The highest BCUT2D eigenvalue weighted by Crippen LogP contribution is 2.36. The first kappa shape index (κ1) is 14.0. The van der Waals surface area contributed by atoms with Crippen LogP contribution in [0.25, 0.3) is 0 Å². The second kappa shape index (κ2) is 4.29. The van der Waals surface area contributed by atoms with Crippen LogP contribution in [0.4, 0.5) is 0 Å². The quantitative estimate of drug-likeness (QED) is 0.741. The largest absolute Gasteiger partial charge is 0.272 e. The van der Waals surface area contributed by atoms with Crippen LogP contribution in [0, 0.1) is 11.8 Å². The zero-order valence-corrected chi connectivity index (χ0v) is 12.4. The minimum Gasteiger partial charge on any atom is -0.272 e. The summed E-state index contributed by atoms with van der Waals surface area (Å²) in [6.07, 6.45) is 0. The number of carbonyl (C=O) groups is 1. The topological polar surface area (TPSA) is 54.5 Å². The second-order valence-corrected chi connectivity index (χ2v) is 8.07. The van der Waals surface area contributed by atoms with Crippen molar-refractivity contribution in [2.45, 2.75) is 32.4 Å². The van der Waals surface area contributed by atoms with Crippen molar-refractivity contribution in [3.63, 3.8) is 0 Å². The molecule has 94 valence electrons. The predicted molar refractivity (Wildman–Crippen MR) is 66.8 cm³/mol. The number of alkyl halides is 1. The Morgan fingerprint density at radius 1 is 1.38 bits per heavy atom. The minimum absolute atomic E-state index is 0.162. The van der Waals surface area contributed by atoms with E-state index >= 15 is 0 Å². The van der Waals surface area contributed by atoms with Crippen molar-refractivity contribution in [2.24, 2.45) is 11.8 Å². The Morgan fingerprint density at radius 2 is 1.88 bits per heavy atom. The first-order valence-corrected chi connectivity index (χ1v) is 7.85. The molecule has 1 amide bonds. The van der Waals surface area contributed by atoms with Crippen molar-refractivity contribution in [1.82, 2.24) is 4.31 Å². The summed E-state index contributed by atoms with van der Waals surface area (Å²) in [5, 5.41) is 0.699. The highest BCUT2D eigenvalue weighted by atomic mass is 79.9. The molecule has 1 aliphatic rings. The summed E-state index contributed by atoms with van der Waals surface area (Å²) in [6.45, 7) is 7.24. The number of rotatable bonds is 4. The maximum Gasteiger partial charge on any atom is 0.258 e. The van der Waals surface area contributed by atoms with Gasteiger partial charge in [-0.25, -0.2) is 12.7 Å². The molecule has 0 aliphatic carbocycles. The molecule has 0 radical (unpaired) electrons. The molecule has 0 N–H and O–H groups in total. The molecular weight excluding hydrogens is 294 g/mol. The molecule has 0 saturated carbocycles. The van der Waals surface area contributed by atoms with Gasteiger partial charge in [0.05, 0.1) is 0 Å². The van der Waals surface area contributed by atoms with Gasteiger partial charge in [0.15, 0.2) is 4.75 Å². The molecule has 16 heavy (non-hydrogen) atoms. The number of sulfonamides is 1. The molecule has 1 unspecified atom stereocenters. The van der Waals surface area contributed by atoms with Crippen LogP contribution in [0.3, 0.4) is 0 Å². The Hall–Kier alpha value is -0.100.